The van der Waals surface area contributed by atoms with E-state index in [4.69, 9.17) is 9.26 Å². The maximum atomic E-state index is 9.87. The lowest BCUT2D eigenvalue weighted by molar-refractivity contribution is 0.287. The largest absolute Gasteiger partial charge is 0.507 e. The van der Waals surface area contributed by atoms with Crippen molar-refractivity contribution in [1.29, 1.82) is 0 Å². The molecule has 1 aromatic heterocycles. The van der Waals surface area contributed by atoms with Gasteiger partial charge in [-0.25, -0.2) is 0 Å². The van der Waals surface area contributed by atoms with Crippen LogP contribution in [-0.2, 0) is 6.61 Å². The minimum atomic E-state index is 0.0727. The van der Waals surface area contributed by atoms with Crippen LogP contribution < -0.4 is 4.74 Å². The molecule has 0 fully saturated rings. The van der Waals surface area contributed by atoms with Gasteiger partial charge >= 0.3 is 0 Å². The molecule has 0 aliphatic rings. The molecule has 1 heterocycles. The van der Waals surface area contributed by atoms with E-state index < -0.39 is 0 Å². The standard InChI is InChI=1S/C15H11BrN2O3/c16-10-6-7-12(13(19)8-10)15-17-14(18-21-15)9-20-11-4-2-1-3-5-11/h1-8,19H,9H2. The highest BCUT2D eigenvalue weighted by molar-refractivity contribution is 9.10. The summed E-state index contributed by atoms with van der Waals surface area (Å²) in [6.45, 7) is 0.199. The van der Waals surface area contributed by atoms with E-state index in [1.807, 2.05) is 30.3 Å². The highest BCUT2D eigenvalue weighted by Crippen LogP contribution is 2.30. The lowest BCUT2D eigenvalue weighted by Crippen LogP contribution is -1.97. The van der Waals surface area contributed by atoms with Crippen LogP contribution in [0.3, 0.4) is 0 Å². The van der Waals surface area contributed by atoms with Gasteiger partial charge in [0.2, 0.25) is 5.82 Å². The van der Waals surface area contributed by atoms with E-state index in [0.29, 0.717) is 11.4 Å². The molecular formula is C15H11BrN2O3. The molecule has 2 aromatic carbocycles. The summed E-state index contributed by atoms with van der Waals surface area (Å²) in [7, 11) is 0. The fourth-order valence-corrected chi connectivity index (χ4v) is 2.12. The average Bonchev–Trinajstić information content (AvgIpc) is 2.95. The lowest BCUT2D eigenvalue weighted by Gasteiger charge is -2.01. The minimum Gasteiger partial charge on any atom is -0.507 e. The quantitative estimate of drug-likeness (QED) is 0.778. The van der Waals surface area contributed by atoms with Gasteiger partial charge < -0.3 is 14.4 Å². The molecule has 0 amide bonds. The van der Waals surface area contributed by atoms with Crippen LogP contribution in [0.15, 0.2) is 57.5 Å². The summed E-state index contributed by atoms with van der Waals surface area (Å²) in [5.41, 5.74) is 0.483. The molecule has 0 spiro atoms. The van der Waals surface area contributed by atoms with Gasteiger partial charge in [-0.1, -0.05) is 39.3 Å². The smallest absolute Gasteiger partial charge is 0.261 e. The van der Waals surface area contributed by atoms with Gasteiger partial charge in [0, 0.05) is 4.47 Å². The van der Waals surface area contributed by atoms with Gasteiger partial charge in [0.15, 0.2) is 6.61 Å². The monoisotopic (exact) mass is 346 g/mol. The Morgan fingerprint density at radius 3 is 2.71 bits per heavy atom. The molecular weight excluding hydrogens is 336 g/mol. The summed E-state index contributed by atoms with van der Waals surface area (Å²) in [6.07, 6.45) is 0. The van der Waals surface area contributed by atoms with Crippen molar-refractivity contribution in [3.05, 3.63) is 58.8 Å². The Bertz CT molecular complexity index is 744. The molecule has 0 unspecified atom stereocenters. The molecule has 5 nitrogen and oxygen atoms in total. The van der Waals surface area contributed by atoms with Crippen molar-refractivity contribution < 1.29 is 14.4 Å². The number of aromatic nitrogens is 2. The molecule has 0 aliphatic heterocycles. The van der Waals surface area contributed by atoms with Crippen molar-refractivity contribution in [1.82, 2.24) is 10.1 Å². The molecule has 21 heavy (non-hydrogen) atoms. The Morgan fingerprint density at radius 2 is 1.95 bits per heavy atom. The van der Waals surface area contributed by atoms with Gasteiger partial charge in [-0.05, 0) is 30.3 Å². The first kappa shape index (κ1) is 13.6. The van der Waals surface area contributed by atoms with Gasteiger partial charge in [-0.15, -0.1) is 0 Å². The van der Waals surface area contributed by atoms with Crippen molar-refractivity contribution in [2.24, 2.45) is 0 Å². The van der Waals surface area contributed by atoms with Crippen LogP contribution in [0.1, 0.15) is 5.82 Å². The number of ether oxygens (including phenoxy) is 1. The van der Waals surface area contributed by atoms with Crippen molar-refractivity contribution in [3.63, 3.8) is 0 Å². The van der Waals surface area contributed by atoms with Crippen molar-refractivity contribution in [2.75, 3.05) is 0 Å². The molecule has 0 atom stereocenters. The molecule has 106 valence electrons. The molecule has 6 heteroatoms. The van der Waals surface area contributed by atoms with E-state index in [9.17, 15) is 5.11 Å². The molecule has 3 aromatic rings. The maximum absolute atomic E-state index is 9.87. The number of phenols is 1. The highest BCUT2D eigenvalue weighted by atomic mass is 79.9. The van der Waals surface area contributed by atoms with E-state index in [1.165, 1.54) is 0 Å². The summed E-state index contributed by atoms with van der Waals surface area (Å²) in [4.78, 5) is 4.21. The molecule has 3 rings (SSSR count). The van der Waals surface area contributed by atoms with Gasteiger partial charge in [0.05, 0.1) is 5.56 Å². The lowest BCUT2D eigenvalue weighted by atomic mass is 10.2. The fourth-order valence-electron chi connectivity index (χ4n) is 1.77. The Morgan fingerprint density at radius 1 is 1.14 bits per heavy atom. The molecule has 0 radical (unpaired) electrons. The van der Waals surface area contributed by atoms with Crippen LogP contribution in [0.4, 0.5) is 0 Å². The second-order valence-corrected chi connectivity index (χ2v) is 5.19. The van der Waals surface area contributed by atoms with E-state index in [2.05, 4.69) is 26.1 Å². The van der Waals surface area contributed by atoms with Crippen LogP contribution in [0, 0.1) is 0 Å². The number of benzene rings is 2. The maximum Gasteiger partial charge on any atom is 0.261 e. The van der Waals surface area contributed by atoms with Crippen LogP contribution in [0.2, 0.25) is 0 Å². The summed E-state index contributed by atoms with van der Waals surface area (Å²) >= 11 is 3.28. The zero-order valence-electron chi connectivity index (χ0n) is 10.9. The number of phenolic OH excluding ortho intramolecular Hbond substituents is 1. The average molecular weight is 347 g/mol. The predicted octanol–water partition coefficient (Wildman–Crippen LogP) is 3.78. The van der Waals surface area contributed by atoms with Crippen LogP contribution >= 0.6 is 15.9 Å². The number of hydrogen-bond donors (Lipinski definition) is 1. The molecule has 0 saturated carbocycles. The zero-order valence-corrected chi connectivity index (χ0v) is 12.4. The normalized spacial score (nSPS) is 10.5. The minimum absolute atomic E-state index is 0.0727. The molecule has 0 aliphatic carbocycles. The summed E-state index contributed by atoms with van der Waals surface area (Å²) in [5, 5.41) is 13.7. The van der Waals surface area contributed by atoms with Gasteiger partial charge in [0.25, 0.3) is 5.89 Å². The topological polar surface area (TPSA) is 68.4 Å². The number of rotatable bonds is 4. The number of nitrogens with zero attached hydrogens (tertiary/aromatic N) is 2. The Balaban J connectivity index is 1.74. The number of para-hydroxylation sites is 1. The van der Waals surface area contributed by atoms with Crippen LogP contribution in [0.5, 0.6) is 11.5 Å². The Hall–Kier alpha value is -2.34. The highest BCUT2D eigenvalue weighted by Gasteiger charge is 2.13. The number of hydrogen-bond acceptors (Lipinski definition) is 5. The third-order valence-electron chi connectivity index (χ3n) is 2.77. The fraction of sp³-hybridized carbons (Fsp3) is 0.0667. The third kappa shape index (κ3) is 3.22. The van der Waals surface area contributed by atoms with Gasteiger partial charge in [-0.3, -0.25) is 0 Å². The third-order valence-corrected chi connectivity index (χ3v) is 3.26. The van der Waals surface area contributed by atoms with Crippen molar-refractivity contribution in [2.45, 2.75) is 6.61 Å². The second-order valence-electron chi connectivity index (χ2n) is 4.28. The van der Waals surface area contributed by atoms with E-state index in [0.717, 1.165) is 10.2 Å². The van der Waals surface area contributed by atoms with E-state index in [-0.39, 0.29) is 18.2 Å². The van der Waals surface area contributed by atoms with Gasteiger partial charge in [-0.2, -0.15) is 4.98 Å². The van der Waals surface area contributed by atoms with Crippen molar-refractivity contribution >= 4 is 15.9 Å². The first-order valence-electron chi connectivity index (χ1n) is 6.22. The second kappa shape index (κ2) is 5.97. The first-order valence-corrected chi connectivity index (χ1v) is 7.01. The van der Waals surface area contributed by atoms with Gasteiger partial charge in [0.1, 0.15) is 11.5 Å². The molecule has 1 N–H and O–H groups in total. The number of halogens is 1. The molecule has 0 saturated heterocycles. The zero-order chi connectivity index (χ0) is 14.7. The molecule has 0 bridgehead atoms. The Kier molecular flexibility index (Phi) is 3.87. The summed E-state index contributed by atoms with van der Waals surface area (Å²) in [6, 6.07) is 14.4. The van der Waals surface area contributed by atoms with E-state index in [1.54, 1.807) is 18.2 Å². The first-order chi connectivity index (χ1) is 10.2. The van der Waals surface area contributed by atoms with E-state index >= 15 is 0 Å². The summed E-state index contributed by atoms with van der Waals surface area (Å²) in [5.74, 6) is 1.47. The van der Waals surface area contributed by atoms with Crippen molar-refractivity contribution in [3.8, 4) is 23.0 Å². The van der Waals surface area contributed by atoms with Crippen LogP contribution in [-0.4, -0.2) is 15.2 Å². The number of aromatic hydroxyl groups is 1. The summed E-state index contributed by atoms with van der Waals surface area (Å²) < 4.78 is 11.5. The van der Waals surface area contributed by atoms with Crippen LogP contribution in [0.25, 0.3) is 11.5 Å². The SMILES string of the molecule is Oc1cc(Br)ccc1-c1nc(COc2ccccc2)no1. The Labute approximate surface area is 129 Å². The predicted molar refractivity (Wildman–Crippen MR) is 79.9 cm³/mol.